The van der Waals surface area contributed by atoms with Gasteiger partial charge in [-0.1, -0.05) is 0 Å². The second-order valence-electron chi connectivity index (χ2n) is 5.14. The van der Waals surface area contributed by atoms with Crippen LogP contribution in [0.4, 0.5) is 5.13 Å². The zero-order chi connectivity index (χ0) is 14.5. The Hall–Kier alpha value is -0.980. The number of nitrogens with one attached hydrogen (secondary N) is 1. The number of rotatable bonds is 6. The van der Waals surface area contributed by atoms with Crippen molar-refractivity contribution in [2.24, 2.45) is 5.92 Å². The smallest absolute Gasteiger partial charge is 0.225 e. The maximum absolute atomic E-state index is 11.5. The number of ether oxygens (including phenoxy) is 1. The predicted molar refractivity (Wildman–Crippen MR) is 81.0 cm³/mol. The van der Waals surface area contributed by atoms with E-state index >= 15 is 0 Å². The first-order valence-electron chi connectivity index (χ1n) is 7.16. The highest BCUT2D eigenvalue weighted by Gasteiger charge is 2.23. The van der Waals surface area contributed by atoms with Gasteiger partial charge in [-0.2, -0.15) is 0 Å². The van der Waals surface area contributed by atoms with Gasteiger partial charge in [0.25, 0.3) is 0 Å². The summed E-state index contributed by atoms with van der Waals surface area (Å²) in [4.78, 5) is 17.7. The van der Waals surface area contributed by atoms with Crippen molar-refractivity contribution in [1.82, 2.24) is 10.3 Å². The van der Waals surface area contributed by atoms with Crippen LogP contribution in [0.25, 0.3) is 0 Å². The summed E-state index contributed by atoms with van der Waals surface area (Å²) < 4.78 is 5.55. The molecular weight excluding hydrogens is 274 g/mol. The van der Waals surface area contributed by atoms with Crippen molar-refractivity contribution >= 4 is 22.4 Å². The lowest BCUT2D eigenvalue weighted by molar-refractivity contribution is -0.116. The molecule has 2 atom stereocenters. The van der Waals surface area contributed by atoms with Crippen LogP contribution in [-0.4, -0.2) is 36.7 Å². The van der Waals surface area contributed by atoms with Crippen molar-refractivity contribution in [3.8, 4) is 0 Å². The van der Waals surface area contributed by atoms with Gasteiger partial charge in [-0.05, 0) is 26.2 Å². The summed E-state index contributed by atoms with van der Waals surface area (Å²) in [5.74, 6) is 0.635. The van der Waals surface area contributed by atoms with Crippen LogP contribution < -0.4 is 10.2 Å². The summed E-state index contributed by atoms with van der Waals surface area (Å²) in [6, 6.07) is 0. The summed E-state index contributed by atoms with van der Waals surface area (Å²) in [5, 5.41) is 6.24. The van der Waals surface area contributed by atoms with Gasteiger partial charge in [-0.15, -0.1) is 11.3 Å². The summed E-state index contributed by atoms with van der Waals surface area (Å²) in [7, 11) is 0. The van der Waals surface area contributed by atoms with Crippen LogP contribution >= 0.6 is 11.3 Å². The zero-order valence-corrected chi connectivity index (χ0v) is 13.2. The minimum atomic E-state index is 0.0401. The number of thiazole rings is 1. The lowest BCUT2D eigenvalue weighted by Gasteiger charge is -2.15. The highest BCUT2D eigenvalue weighted by molar-refractivity contribution is 7.14. The Morgan fingerprint density at radius 3 is 3.05 bits per heavy atom. The average Bonchev–Trinajstić information content (AvgIpc) is 3.01. The molecule has 0 bridgehead atoms. The average molecular weight is 297 g/mol. The van der Waals surface area contributed by atoms with Crippen LogP contribution in [0.3, 0.4) is 0 Å². The Morgan fingerprint density at radius 2 is 2.45 bits per heavy atom. The third kappa shape index (κ3) is 3.77. The van der Waals surface area contributed by atoms with Gasteiger partial charge in [0, 0.05) is 38.5 Å². The molecule has 0 aromatic carbocycles. The van der Waals surface area contributed by atoms with E-state index in [1.165, 1.54) is 11.3 Å². The van der Waals surface area contributed by atoms with E-state index in [4.69, 9.17) is 4.74 Å². The van der Waals surface area contributed by atoms with E-state index in [1.807, 2.05) is 12.3 Å². The zero-order valence-electron chi connectivity index (χ0n) is 12.4. The fourth-order valence-electron chi connectivity index (χ4n) is 2.42. The molecule has 0 saturated carbocycles. The molecule has 20 heavy (non-hydrogen) atoms. The molecule has 1 aliphatic rings. The van der Waals surface area contributed by atoms with Crippen molar-refractivity contribution < 1.29 is 9.53 Å². The SMILES string of the molecule is CCN(C(C)=O)c1nc(CNCC2CCOC2C)cs1. The van der Waals surface area contributed by atoms with Gasteiger partial charge >= 0.3 is 0 Å². The van der Waals surface area contributed by atoms with Gasteiger partial charge in [0.2, 0.25) is 5.91 Å². The maximum Gasteiger partial charge on any atom is 0.225 e. The normalized spacial score (nSPS) is 22.1. The number of anilines is 1. The topological polar surface area (TPSA) is 54.5 Å². The first-order chi connectivity index (χ1) is 9.61. The Kier molecular flexibility index (Phi) is 5.51. The van der Waals surface area contributed by atoms with Crippen LogP contribution in [0, 0.1) is 5.92 Å². The Bertz CT molecular complexity index is 449. The van der Waals surface area contributed by atoms with Gasteiger partial charge < -0.3 is 10.1 Å². The molecule has 1 amide bonds. The quantitative estimate of drug-likeness (QED) is 0.873. The number of hydrogen-bond acceptors (Lipinski definition) is 5. The van der Waals surface area contributed by atoms with Crippen LogP contribution in [0.15, 0.2) is 5.38 Å². The van der Waals surface area contributed by atoms with Gasteiger partial charge in [-0.3, -0.25) is 9.69 Å². The van der Waals surface area contributed by atoms with Crippen molar-refractivity contribution in [1.29, 1.82) is 0 Å². The molecule has 6 heteroatoms. The first kappa shape index (κ1) is 15.4. The van der Waals surface area contributed by atoms with E-state index in [2.05, 4.69) is 17.2 Å². The van der Waals surface area contributed by atoms with Crippen LogP contribution in [0.5, 0.6) is 0 Å². The highest BCUT2D eigenvalue weighted by atomic mass is 32.1. The van der Waals surface area contributed by atoms with Crippen LogP contribution in [0.1, 0.15) is 32.9 Å². The largest absolute Gasteiger partial charge is 0.378 e. The molecule has 0 spiro atoms. The maximum atomic E-state index is 11.5. The minimum absolute atomic E-state index is 0.0401. The molecule has 2 unspecified atom stereocenters. The van der Waals surface area contributed by atoms with Gasteiger partial charge in [0.05, 0.1) is 11.8 Å². The Labute approximate surface area is 124 Å². The van der Waals surface area contributed by atoms with E-state index in [1.54, 1.807) is 11.8 Å². The second-order valence-corrected chi connectivity index (χ2v) is 5.98. The molecule has 112 valence electrons. The number of carbonyl (C=O) groups excluding carboxylic acids is 1. The molecule has 0 aliphatic carbocycles. The minimum Gasteiger partial charge on any atom is -0.378 e. The molecular formula is C14H23N3O2S. The van der Waals surface area contributed by atoms with E-state index in [0.717, 1.165) is 36.9 Å². The number of nitrogens with zero attached hydrogens (tertiary/aromatic N) is 2. The molecule has 0 radical (unpaired) electrons. The molecule has 1 saturated heterocycles. The standard InChI is InChI=1S/C14H23N3O2S/c1-4-17(11(3)18)14-16-13(9-20-14)8-15-7-12-5-6-19-10(12)2/h9-10,12,15H,4-8H2,1-3H3. The molecule has 1 aliphatic heterocycles. The fraction of sp³-hybridized carbons (Fsp3) is 0.714. The molecule has 2 heterocycles. The van der Waals surface area contributed by atoms with Crippen molar-refractivity contribution in [3.05, 3.63) is 11.1 Å². The summed E-state index contributed by atoms with van der Waals surface area (Å²) in [6.07, 6.45) is 1.48. The molecule has 1 fully saturated rings. The summed E-state index contributed by atoms with van der Waals surface area (Å²) in [6.45, 7) is 8.90. The third-order valence-electron chi connectivity index (χ3n) is 3.71. The summed E-state index contributed by atoms with van der Waals surface area (Å²) in [5.41, 5.74) is 0.997. The predicted octanol–water partition coefficient (Wildman–Crippen LogP) is 2.03. The molecule has 1 aromatic heterocycles. The van der Waals surface area contributed by atoms with Gasteiger partial charge in [0.1, 0.15) is 0 Å². The molecule has 1 aromatic rings. The van der Waals surface area contributed by atoms with Crippen molar-refractivity contribution in [2.45, 2.75) is 39.8 Å². The molecule has 5 nitrogen and oxygen atoms in total. The lowest BCUT2D eigenvalue weighted by atomic mass is 10.0. The Morgan fingerprint density at radius 1 is 1.65 bits per heavy atom. The van der Waals surface area contributed by atoms with Crippen molar-refractivity contribution in [2.75, 3.05) is 24.6 Å². The fourth-order valence-corrected chi connectivity index (χ4v) is 3.36. The van der Waals surface area contributed by atoms with Gasteiger partial charge in [-0.25, -0.2) is 4.98 Å². The molecule has 2 rings (SSSR count). The summed E-state index contributed by atoms with van der Waals surface area (Å²) >= 11 is 1.52. The number of carbonyl (C=O) groups is 1. The van der Waals surface area contributed by atoms with Gasteiger partial charge in [0.15, 0.2) is 5.13 Å². The first-order valence-corrected chi connectivity index (χ1v) is 8.04. The number of aromatic nitrogens is 1. The number of hydrogen-bond donors (Lipinski definition) is 1. The Balaban J connectivity index is 1.82. The lowest BCUT2D eigenvalue weighted by Crippen LogP contribution is -2.28. The molecule has 1 N–H and O–H groups in total. The van der Waals surface area contributed by atoms with Crippen molar-refractivity contribution in [3.63, 3.8) is 0 Å². The number of amides is 1. The monoisotopic (exact) mass is 297 g/mol. The highest BCUT2D eigenvalue weighted by Crippen LogP contribution is 2.21. The van der Waals surface area contributed by atoms with E-state index in [9.17, 15) is 4.79 Å². The second kappa shape index (κ2) is 7.15. The third-order valence-corrected chi connectivity index (χ3v) is 4.63. The van der Waals surface area contributed by atoms with Crippen LogP contribution in [0.2, 0.25) is 0 Å². The van der Waals surface area contributed by atoms with E-state index in [-0.39, 0.29) is 5.91 Å². The van der Waals surface area contributed by atoms with Crippen LogP contribution in [-0.2, 0) is 16.1 Å². The van der Waals surface area contributed by atoms with E-state index < -0.39 is 0 Å². The van der Waals surface area contributed by atoms with E-state index in [0.29, 0.717) is 18.6 Å².